The number of benzene rings is 1. The van der Waals surface area contributed by atoms with Crippen LogP contribution < -0.4 is 0 Å². The number of halogens is 4. The SMILES string of the molecule is COC(=O)c1ccc(CN2CCC(CN(C(=O)C(F)(F)F)[C@@H]3CC3C)CC2)cc1Cl. The first-order valence-electron chi connectivity index (χ1n) is 10.1. The van der Waals surface area contributed by atoms with Crippen LogP contribution in [0.1, 0.15) is 42.1 Å². The number of likely N-dealkylation sites (tertiary alicyclic amines) is 1. The molecule has 2 fully saturated rings. The van der Waals surface area contributed by atoms with Gasteiger partial charge in [-0.05, 0) is 61.9 Å². The highest BCUT2D eigenvalue weighted by molar-refractivity contribution is 6.33. The van der Waals surface area contributed by atoms with E-state index in [2.05, 4.69) is 9.64 Å². The van der Waals surface area contributed by atoms with E-state index < -0.39 is 18.1 Å². The van der Waals surface area contributed by atoms with Gasteiger partial charge in [-0.2, -0.15) is 13.2 Å². The van der Waals surface area contributed by atoms with Gasteiger partial charge in [-0.3, -0.25) is 9.69 Å². The van der Waals surface area contributed by atoms with E-state index in [4.69, 9.17) is 11.6 Å². The number of piperidine rings is 1. The van der Waals surface area contributed by atoms with Crippen molar-refractivity contribution in [3.05, 3.63) is 34.3 Å². The third kappa shape index (κ3) is 5.46. The smallest absolute Gasteiger partial charge is 0.465 e. The second kappa shape index (κ2) is 9.14. The molecule has 1 aliphatic heterocycles. The first kappa shape index (κ1) is 22.9. The van der Waals surface area contributed by atoms with Crippen LogP contribution in [0.3, 0.4) is 0 Å². The van der Waals surface area contributed by atoms with Gasteiger partial charge in [0, 0.05) is 19.1 Å². The molecular formula is C21H26ClF3N2O3. The number of nitrogens with zero attached hydrogens (tertiary/aromatic N) is 2. The fourth-order valence-corrected chi connectivity index (χ4v) is 4.34. The van der Waals surface area contributed by atoms with Gasteiger partial charge >= 0.3 is 18.1 Å². The fraction of sp³-hybridized carbons (Fsp3) is 0.619. The van der Waals surface area contributed by atoms with Crippen LogP contribution in [0.15, 0.2) is 18.2 Å². The Bertz CT molecular complexity index is 794. The van der Waals surface area contributed by atoms with E-state index in [1.807, 2.05) is 13.0 Å². The van der Waals surface area contributed by atoms with Gasteiger partial charge in [-0.15, -0.1) is 0 Å². The number of carbonyl (C=O) groups is 2. The molecule has 0 spiro atoms. The number of hydrogen-bond donors (Lipinski definition) is 0. The third-order valence-electron chi connectivity index (χ3n) is 5.98. The Morgan fingerprint density at radius 1 is 1.27 bits per heavy atom. The van der Waals surface area contributed by atoms with Gasteiger partial charge in [0.25, 0.3) is 0 Å². The molecule has 3 rings (SSSR count). The molecule has 1 aliphatic carbocycles. The molecule has 166 valence electrons. The molecule has 1 saturated heterocycles. The van der Waals surface area contributed by atoms with Gasteiger partial charge in [0.05, 0.1) is 17.7 Å². The van der Waals surface area contributed by atoms with E-state index in [-0.39, 0.29) is 24.4 Å². The summed E-state index contributed by atoms with van der Waals surface area (Å²) in [5, 5.41) is 0.328. The van der Waals surface area contributed by atoms with Crippen molar-refractivity contribution < 1.29 is 27.5 Å². The van der Waals surface area contributed by atoms with E-state index in [0.29, 0.717) is 23.6 Å². The molecule has 2 atom stereocenters. The Kier molecular flexibility index (Phi) is 6.97. The van der Waals surface area contributed by atoms with Crippen molar-refractivity contribution in [1.82, 2.24) is 9.80 Å². The van der Waals surface area contributed by atoms with Crippen LogP contribution in [0.4, 0.5) is 13.2 Å². The van der Waals surface area contributed by atoms with Crippen molar-refractivity contribution in [1.29, 1.82) is 0 Å². The number of alkyl halides is 3. The molecule has 1 heterocycles. The lowest BCUT2D eigenvalue weighted by Gasteiger charge is -2.35. The Morgan fingerprint density at radius 3 is 2.40 bits per heavy atom. The molecule has 1 saturated carbocycles. The van der Waals surface area contributed by atoms with Crippen molar-refractivity contribution in [2.75, 3.05) is 26.7 Å². The molecule has 0 bridgehead atoms. The molecule has 2 aliphatic rings. The normalized spacial score (nSPS) is 22.6. The minimum absolute atomic E-state index is 0.0608. The molecule has 1 aromatic rings. The number of ether oxygens (including phenoxy) is 1. The maximum absolute atomic E-state index is 13.0. The fourth-order valence-electron chi connectivity index (χ4n) is 4.06. The number of hydrogen-bond acceptors (Lipinski definition) is 4. The Morgan fingerprint density at radius 2 is 1.90 bits per heavy atom. The summed E-state index contributed by atoms with van der Waals surface area (Å²) in [5.41, 5.74) is 1.26. The molecule has 9 heteroatoms. The predicted molar refractivity (Wildman–Crippen MR) is 106 cm³/mol. The van der Waals surface area contributed by atoms with Crippen molar-refractivity contribution in [2.24, 2.45) is 11.8 Å². The largest absolute Gasteiger partial charge is 0.471 e. The first-order valence-corrected chi connectivity index (χ1v) is 10.4. The van der Waals surface area contributed by atoms with Crippen molar-refractivity contribution in [2.45, 2.75) is 44.9 Å². The van der Waals surface area contributed by atoms with Gasteiger partial charge < -0.3 is 9.64 Å². The van der Waals surface area contributed by atoms with Gasteiger partial charge in [-0.1, -0.05) is 24.6 Å². The van der Waals surface area contributed by atoms with E-state index in [1.54, 1.807) is 12.1 Å². The molecule has 0 radical (unpaired) electrons. The molecule has 30 heavy (non-hydrogen) atoms. The molecule has 1 amide bonds. The van der Waals surface area contributed by atoms with Crippen LogP contribution in [0.25, 0.3) is 0 Å². The zero-order valence-electron chi connectivity index (χ0n) is 17.0. The maximum Gasteiger partial charge on any atom is 0.471 e. The molecule has 0 aromatic heterocycles. The zero-order chi connectivity index (χ0) is 22.1. The van der Waals surface area contributed by atoms with Crippen LogP contribution >= 0.6 is 11.6 Å². The highest BCUT2D eigenvalue weighted by atomic mass is 35.5. The van der Waals surface area contributed by atoms with Crippen molar-refractivity contribution in [3.63, 3.8) is 0 Å². The van der Waals surface area contributed by atoms with Crippen LogP contribution in [0.2, 0.25) is 5.02 Å². The maximum atomic E-state index is 13.0. The summed E-state index contributed by atoms with van der Waals surface area (Å²) in [6, 6.07) is 4.90. The lowest BCUT2D eigenvalue weighted by atomic mass is 9.95. The van der Waals surface area contributed by atoms with Crippen LogP contribution in [0.5, 0.6) is 0 Å². The van der Waals surface area contributed by atoms with E-state index in [9.17, 15) is 22.8 Å². The van der Waals surface area contributed by atoms with Crippen molar-refractivity contribution in [3.8, 4) is 0 Å². The first-order chi connectivity index (χ1) is 14.1. The van der Waals surface area contributed by atoms with Gasteiger partial charge in [0.2, 0.25) is 0 Å². The van der Waals surface area contributed by atoms with E-state index in [1.165, 1.54) is 7.11 Å². The van der Waals surface area contributed by atoms with Crippen molar-refractivity contribution >= 4 is 23.5 Å². The Balaban J connectivity index is 1.54. The summed E-state index contributed by atoms with van der Waals surface area (Å²) in [6.07, 6.45) is -2.71. The Hall–Kier alpha value is -1.80. The van der Waals surface area contributed by atoms with Crippen LogP contribution in [0, 0.1) is 11.8 Å². The summed E-state index contributed by atoms with van der Waals surface area (Å²) >= 11 is 6.17. The summed E-state index contributed by atoms with van der Waals surface area (Å²) in [6.45, 7) is 4.14. The molecule has 5 nitrogen and oxygen atoms in total. The predicted octanol–water partition coefficient (Wildman–Crippen LogP) is 4.14. The number of carbonyl (C=O) groups excluding carboxylic acids is 2. The highest BCUT2D eigenvalue weighted by Crippen LogP contribution is 2.38. The van der Waals surface area contributed by atoms with Gasteiger partial charge in [0.15, 0.2) is 0 Å². The number of esters is 1. The minimum atomic E-state index is -4.82. The second-order valence-electron chi connectivity index (χ2n) is 8.26. The van der Waals surface area contributed by atoms with Crippen LogP contribution in [-0.2, 0) is 16.1 Å². The molecule has 1 unspecified atom stereocenters. The van der Waals surface area contributed by atoms with E-state index in [0.717, 1.165) is 36.4 Å². The van der Waals surface area contributed by atoms with Gasteiger partial charge in [0.1, 0.15) is 0 Å². The highest BCUT2D eigenvalue weighted by Gasteiger charge is 2.50. The standard InChI is InChI=1S/C21H26ClF3N2O3/c1-13-9-18(13)27(20(29)21(23,24)25)12-14-5-7-26(8-6-14)11-15-3-4-16(17(22)10-15)19(28)30-2/h3-4,10,13-14,18H,5-9,11-12H2,1-2H3/t13?,18-/m1/s1. The molecule has 0 N–H and O–H groups in total. The third-order valence-corrected chi connectivity index (χ3v) is 6.29. The minimum Gasteiger partial charge on any atom is -0.465 e. The lowest BCUT2D eigenvalue weighted by molar-refractivity contribution is -0.187. The van der Waals surface area contributed by atoms with Crippen LogP contribution in [-0.4, -0.2) is 60.6 Å². The number of rotatable bonds is 6. The van der Waals surface area contributed by atoms with E-state index >= 15 is 0 Å². The zero-order valence-corrected chi connectivity index (χ0v) is 17.8. The summed E-state index contributed by atoms with van der Waals surface area (Å²) in [7, 11) is 1.30. The lowest BCUT2D eigenvalue weighted by Crippen LogP contribution is -2.47. The monoisotopic (exact) mass is 446 g/mol. The average molecular weight is 447 g/mol. The molecule has 1 aromatic carbocycles. The topological polar surface area (TPSA) is 49.9 Å². The average Bonchev–Trinajstić information content (AvgIpc) is 3.42. The number of methoxy groups -OCH3 is 1. The molecular weight excluding hydrogens is 421 g/mol. The second-order valence-corrected chi connectivity index (χ2v) is 8.67. The quantitative estimate of drug-likeness (QED) is 0.616. The summed E-state index contributed by atoms with van der Waals surface area (Å²) in [5.74, 6) is -2.00. The summed E-state index contributed by atoms with van der Waals surface area (Å²) in [4.78, 5) is 26.7. The summed E-state index contributed by atoms with van der Waals surface area (Å²) < 4.78 is 43.6. The Labute approximate surface area is 179 Å². The number of amides is 1. The van der Waals surface area contributed by atoms with Gasteiger partial charge in [-0.25, -0.2) is 4.79 Å².